The van der Waals surface area contributed by atoms with Crippen LogP contribution in [0.15, 0.2) is 4.52 Å². The minimum Gasteiger partial charge on any atom is -0.339 e. The molecule has 102 valence electrons. The second kappa shape index (κ2) is 4.36. The Morgan fingerprint density at radius 1 is 1.28 bits per heavy atom. The summed E-state index contributed by atoms with van der Waals surface area (Å²) in [6.45, 7) is 13.4. The van der Waals surface area contributed by atoms with Crippen molar-refractivity contribution in [2.24, 2.45) is 17.3 Å². The highest BCUT2D eigenvalue weighted by atomic mass is 16.5. The van der Waals surface area contributed by atoms with Gasteiger partial charge in [-0.25, -0.2) is 0 Å². The van der Waals surface area contributed by atoms with Gasteiger partial charge < -0.3 is 4.52 Å². The summed E-state index contributed by atoms with van der Waals surface area (Å²) in [6.07, 6.45) is 3.56. The van der Waals surface area contributed by atoms with E-state index in [2.05, 4.69) is 51.7 Å². The Kier molecular flexibility index (Phi) is 3.28. The quantitative estimate of drug-likeness (QED) is 0.797. The molecule has 2 atom stereocenters. The molecule has 0 unspecified atom stereocenters. The van der Waals surface area contributed by atoms with Gasteiger partial charge in [-0.15, -0.1) is 0 Å². The maximum Gasteiger partial charge on any atom is 0.232 e. The van der Waals surface area contributed by atoms with Crippen molar-refractivity contribution in [3.05, 3.63) is 11.7 Å². The lowest BCUT2D eigenvalue weighted by Crippen LogP contribution is -2.25. The molecule has 0 aromatic carbocycles. The van der Waals surface area contributed by atoms with E-state index < -0.39 is 0 Å². The zero-order valence-corrected chi connectivity index (χ0v) is 12.6. The number of hydrogen-bond donors (Lipinski definition) is 0. The van der Waals surface area contributed by atoms with Gasteiger partial charge in [-0.1, -0.05) is 46.7 Å². The smallest absolute Gasteiger partial charge is 0.232 e. The topological polar surface area (TPSA) is 38.9 Å². The molecule has 3 nitrogen and oxygen atoms in total. The molecule has 1 aromatic rings. The summed E-state index contributed by atoms with van der Waals surface area (Å²) in [4.78, 5) is 4.56. The molecule has 1 aliphatic rings. The summed E-state index contributed by atoms with van der Waals surface area (Å²) in [7, 11) is 0. The molecule has 0 radical (unpaired) electrons. The third-order valence-electron chi connectivity index (χ3n) is 4.81. The third kappa shape index (κ3) is 2.45. The molecule has 1 saturated carbocycles. The van der Waals surface area contributed by atoms with E-state index in [1.807, 2.05) is 0 Å². The SMILES string of the molecule is C[C@@H]1CC[C@@H](Cc2noc(C(C)(C)C)n2)C1(C)C. The van der Waals surface area contributed by atoms with Crippen LogP contribution in [0.3, 0.4) is 0 Å². The molecule has 0 aliphatic heterocycles. The van der Waals surface area contributed by atoms with Crippen molar-refractivity contribution in [1.29, 1.82) is 0 Å². The van der Waals surface area contributed by atoms with Crippen LogP contribution in [-0.2, 0) is 11.8 Å². The lowest BCUT2D eigenvalue weighted by atomic mass is 9.75. The molecule has 3 heteroatoms. The number of hydrogen-bond acceptors (Lipinski definition) is 3. The fourth-order valence-corrected chi connectivity index (χ4v) is 2.82. The van der Waals surface area contributed by atoms with Crippen LogP contribution in [0.5, 0.6) is 0 Å². The highest BCUT2D eigenvalue weighted by Gasteiger charge is 2.41. The summed E-state index contributed by atoms with van der Waals surface area (Å²) in [6, 6.07) is 0. The molecule has 0 bridgehead atoms. The Bertz CT molecular complexity index is 414. The molecule has 0 amide bonds. The summed E-state index contributed by atoms with van der Waals surface area (Å²) < 4.78 is 5.37. The van der Waals surface area contributed by atoms with Crippen molar-refractivity contribution in [2.75, 3.05) is 0 Å². The fourth-order valence-electron chi connectivity index (χ4n) is 2.82. The van der Waals surface area contributed by atoms with Crippen LogP contribution in [0.4, 0.5) is 0 Å². The molecule has 2 rings (SSSR count). The molecule has 0 spiro atoms. The van der Waals surface area contributed by atoms with E-state index in [1.54, 1.807) is 0 Å². The normalized spacial score (nSPS) is 27.7. The predicted molar refractivity (Wildman–Crippen MR) is 72.4 cm³/mol. The average Bonchev–Trinajstić information content (AvgIpc) is 2.78. The van der Waals surface area contributed by atoms with Crippen molar-refractivity contribution >= 4 is 0 Å². The van der Waals surface area contributed by atoms with Gasteiger partial charge in [0.25, 0.3) is 0 Å². The van der Waals surface area contributed by atoms with Gasteiger partial charge in [-0.3, -0.25) is 0 Å². The van der Waals surface area contributed by atoms with Crippen LogP contribution >= 0.6 is 0 Å². The number of rotatable bonds is 2. The zero-order chi connectivity index (χ0) is 13.6. The van der Waals surface area contributed by atoms with Gasteiger partial charge in [0, 0.05) is 11.8 Å². The average molecular weight is 250 g/mol. The standard InChI is InChI=1S/C15H26N2O/c1-10-7-8-11(15(10,5)6)9-12-16-13(18-17-12)14(2,3)4/h10-11H,7-9H2,1-6H3/t10-,11+/m1/s1. The van der Waals surface area contributed by atoms with Crippen LogP contribution in [0.25, 0.3) is 0 Å². The van der Waals surface area contributed by atoms with E-state index in [0.29, 0.717) is 11.3 Å². The van der Waals surface area contributed by atoms with Gasteiger partial charge in [0.15, 0.2) is 5.82 Å². The molecule has 1 fully saturated rings. The van der Waals surface area contributed by atoms with E-state index >= 15 is 0 Å². The van der Waals surface area contributed by atoms with Crippen LogP contribution < -0.4 is 0 Å². The van der Waals surface area contributed by atoms with E-state index in [4.69, 9.17) is 4.52 Å². The second-order valence-electron chi connectivity index (χ2n) is 7.47. The van der Waals surface area contributed by atoms with Gasteiger partial charge in [-0.2, -0.15) is 4.98 Å². The Hall–Kier alpha value is -0.860. The Morgan fingerprint density at radius 2 is 1.94 bits per heavy atom. The van der Waals surface area contributed by atoms with Gasteiger partial charge in [-0.05, 0) is 30.1 Å². The summed E-state index contributed by atoms with van der Waals surface area (Å²) in [5, 5.41) is 4.15. The molecular formula is C15H26N2O. The predicted octanol–water partition coefficient (Wildman–Crippen LogP) is 3.98. The van der Waals surface area contributed by atoms with Crippen molar-refractivity contribution in [1.82, 2.24) is 10.1 Å². The molecule has 1 heterocycles. The lowest BCUT2D eigenvalue weighted by Gasteiger charge is -2.30. The summed E-state index contributed by atoms with van der Waals surface area (Å²) in [5.74, 6) is 3.10. The molecular weight excluding hydrogens is 224 g/mol. The van der Waals surface area contributed by atoms with Crippen molar-refractivity contribution in [2.45, 2.75) is 66.2 Å². The maximum atomic E-state index is 5.37. The Balaban J connectivity index is 2.09. The summed E-state index contributed by atoms with van der Waals surface area (Å²) in [5.41, 5.74) is 0.340. The minimum atomic E-state index is -0.0518. The third-order valence-corrected chi connectivity index (χ3v) is 4.81. The zero-order valence-electron chi connectivity index (χ0n) is 12.6. The van der Waals surface area contributed by atoms with Crippen molar-refractivity contribution < 1.29 is 4.52 Å². The van der Waals surface area contributed by atoms with Crippen molar-refractivity contribution in [3.8, 4) is 0 Å². The summed E-state index contributed by atoms with van der Waals surface area (Å²) >= 11 is 0. The monoisotopic (exact) mass is 250 g/mol. The Morgan fingerprint density at radius 3 is 2.39 bits per heavy atom. The largest absolute Gasteiger partial charge is 0.339 e. The van der Waals surface area contributed by atoms with Gasteiger partial charge in [0.1, 0.15) is 0 Å². The van der Waals surface area contributed by atoms with E-state index in [9.17, 15) is 0 Å². The van der Waals surface area contributed by atoms with Gasteiger partial charge in [0.2, 0.25) is 5.89 Å². The lowest BCUT2D eigenvalue weighted by molar-refractivity contribution is 0.194. The van der Waals surface area contributed by atoms with Gasteiger partial charge in [0.05, 0.1) is 0 Å². The first kappa shape index (κ1) is 13.6. The van der Waals surface area contributed by atoms with Crippen LogP contribution in [0, 0.1) is 17.3 Å². The highest BCUT2D eigenvalue weighted by molar-refractivity contribution is 5.01. The first-order chi connectivity index (χ1) is 8.21. The highest BCUT2D eigenvalue weighted by Crippen LogP contribution is 2.48. The molecule has 18 heavy (non-hydrogen) atoms. The van der Waals surface area contributed by atoms with E-state index in [1.165, 1.54) is 12.8 Å². The Labute approximate surface area is 110 Å². The van der Waals surface area contributed by atoms with Crippen LogP contribution in [0.2, 0.25) is 0 Å². The van der Waals surface area contributed by atoms with Crippen molar-refractivity contribution in [3.63, 3.8) is 0 Å². The number of nitrogens with zero attached hydrogens (tertiary/aromatic N) is 2. The first-order valence-corrected chi connectivity index (χ1v) is 7.04. The molecule has 1 aromatic heterocycles. The van der Waals surface area contributed by atoms with Gasteiger partial charge >= 0.3 is 0 Å². The molecule has 0 saturated heterocycles. The van der Waals surface area contributed by atoms with Crippen LogP contribution in [-0.4, -0.2) is 10.1 Å². The molecule has 0 N–H and O–H groups in total. The number of aromatic nitrogens is 2. The van der Waals surface area contributed by atoms with E-state index in [-0.39, 0.29) is 5.41 Å². The molecule has 1 aliphatic carbocycles. The minimum absolute atomic E-state index is 0.0518. The van der Waals surface area contributed by atoms with Crippen LogP contribution in [0.1, 0.15) is 66.1 Å². The first-order valence-electron chi connectivity index (χ1n) is 7.04. The van der Waals surface area contributed by atoms with E-state index in [0.717, 1.165) is 24.1 Å². The second-order valence-corrected chi connectivity index (χ2v) is 7.47. The fraction of sp³-hybridized carbons (Fsp3) is 0.867. The maximum absolute atomic E-state index is 5.37.